The Morgan fingerprint density at radius 2 is 2.04 bits per heavy atom. The Morgan fingerprint density at radius 3 is 2.65 bits per heavy atom. The number of nitrogens with zero attached hydrogens (tertiary/aromatic N) is 1. The van der Waals surface area contributed by atoms with Gasteiger partial charge in [0.15, 0.2) is 0 Å². The molecule has 26 heavy (non-hydrogen) atoms. The Labute approximate surface area is 155 Å². The van der Waals surface area contributed by atoms with E-state index in [1.165, 1.54) is 18.2 Å². The molecular weight excluding hydrogens is 358 g/mol. The highest BCUT2D eigenvalue weighted by molar-refractivity contribution is 6.40. The number of halogens is 1. The van der Waals surface area contributed by atoms with Crippen molar-refractivity contribution in [2.45, 2.75) is 26.4 Å². The number of hydrogen-bond donors (Lipinski definition) is 3. The second kappa shape index (κ2) is 8.52. The van der Waals surface area contributed by atoms with Gasteiger partial charge in [-0.3, -0.25) is 9.59 Å². The van der Waals surface area contributed by atoms with E-state index in [0.29, 0.717) is 22.1 Å². The minimum absolute atomic E-state index is 0.0950. The molecule has 7 nitrogen and oxygen atoms in total. The fraction of sp³-hybridized carbons (Fsp3) is 0.278. The summed E-state index contributed by atoms with van der Waals surface area (Å²) in [5.74, 6) is -0.492. The Hall–Kier alpha value is -2.82. The third-order valence-electron chi connectivity index (χ3n) is 3.70. The lowest BCUT2D eigenvalue weighted by atomic mass is 10.1. The number of amides is 2. The molecule has 2 amide bonds. The molecule has 1 unspecified atom stereocenters. The van der Waals surface area contributed by atoms with Crippen LogP contribution in [0.4, 0.5) is 5.69 Å². The van der Waals surface area contributed by atoms with E-state index in [1.54, 1.807) is 19.9 Å². The third-order valence-corrected chi connectivity index (χ3v) is 3.93. The number of carbonyl (C=O) groups is 2. The van der Waals surface area contributed by atoms with Gasteiger partial charge in [-0.15, -0.1) is 0 Å². The first-order valence-electron chi connectivity index (χ1n) is 7.85. The third kappa shape index (κ3) is 4.85. The first-order chi connectivity index (χ1) is 12.3. The van der Waals surface area contributed by atoms with Crippen molar-refractivity contribution in [1.82, 2.24) is 5.32 Å². The summed E-state index contributed by atoms with van der Waals surface area (Å²) < 4.78 is 5.35. The number of furan rings is 1. The molecule has 0 bridgehead atoms. The van der Waals surface area contributed by atoms with E-state index in [9.17, 15) is 14.7 Å². The average Bonchev–Trinajstić information content (AvgIpc) is 2.93. The summed E-state index contributed by atoms with van der Waals surface area (Å²) in [5, 5.41) is 24.3. The summed E-state index contributed by atoms with van der Waals surface area (Å²) in [6.07, 6.45) is -0.590. The minimum Gasteiger partial charge on any atom is -0.466 e. The monoisotopic (exact) mass is 375 g/mol. The van der Waals surface area contributed by atoms with Gasteiger partial charge < -0.3 is 20.2 Å². The molecule has 2 aromatic rings. The maximum Gasteiger partial charge on any atom is 0.313 e. The molecule has 8 heteroatoms. The van der Waals surface area contributed by atoms with Crippen LogP contribution in [-0.4, -0.2) is 23.5 Å². The lowest BCUT2D eigenvalue weighted by Crippen LogP contribution is -2.36. The van der Waals surface area contributed by atoms with E-state index in [-0.39, 0.29) is 24.2 Å². The number of nitriles is 1. The van der Waals surface area contributed by atoms with Crippen molar-refractivity contribution in [3.05, 3.63) is 51.9 Å². The Balaban J connectivity index is 1.88. The zero-order valence-corrected chi connectivity index (χ0v) is 15.1. The number of nitrogens with one attached hydrogen (secondary N) is 2. The van der Waals surface area contributed by atoms with Crippen molar-refractivity contribution in [2.24, 2.45) is 0 Å². The van der Waals surface area contributed by atoms with Crippen LogP contribution < -0.4 is 10.6 Å². The fourth-order valence-corrected chi connectivity index (χ4v) is 2.61. The second-order valence-corrected chi connectivity index (χ2v) is 6.12. The van der Waals surface area contributed by atoms with E-state index in [1.807, 2.05) is 6.07 Å². The molecule has 0 saturated heterocycles. The van der Waals surface area contributed by atoms with Gasteiger partial charge >= 0.3 is 11.8 Å². The molecule has 0 aliphatic carbocycles. The molecule has 0 fully saturated rings. The number of aliphatic hydroxyl groups is 1. The van der Waals surface area contributed by atoms with E-state index in [0.717, 1.165) is 0 Å². The highest BCUT2D eigenvalue weighted by Crippen LogP contribution is 2.23. The van der Waals surface area contributed by atoms with E-state index in [4.69, 9.17) is 21.3 Å². The first-order valence-corrected chi connectivity index (χ1v) is 8.23. The molecule has 136 valence electrons. The summed E-state index contributed by atoms with van der Waals surface area (Å²) in [5.41, 5.74) is 1.00. The number of carbonyl (C=O) groups excluding carboxylic acids is 2. The summed E-state index contributed by atoms with van der Waals surface area (Å²) in [7, 11) is 0. The van der Waals surface area contributed by atoms with E-state index < -0.39 is 17.9 Å². The van der Waals surface area contributed by atoms with Crippen molar-refractivity contribution < 1.29 is 19.1 Å². The summed E-state index contributed by atoms with van der Waals surface area (Å²) in [4.78, 5) is 23.8. The van der Waals surface area contributed by atoms with Crippen LogP contribution in [0.3, 0.4) is 0 Å². The highest BCUT2D eigenvalue weighted by Gasteiger charge is 2.18. The summed E-state index contributed by atoms with van der Waals surface area (Å²) in [6, 6.07) is 7.98. The topological polar surface area (TPSA) is 115 Å². The number of aliphatic hydroxyl groups excluding tert-OH is 1. The molecule has 0 saturated carbocycles. The van der Waals surface area contributed by atoms with Crippen LogP contribution in [0.25, 0.3) is 0 Å². The van der Waals surface area contributed by atoms with E-state index >= 15 is 0 Å². The van der Waals surface area contributed by atoms with Gasteiger partial charge in [-0.25, -0.2) is 0 Å². The standard InChI is InChI=1S/C18H18ClN3O4/c1-10-7-14(11(2)26-10)16(23)5-6-21-17(24)18(25)22-15-8-13(19)4-3-12(15)9-20/h3-4,7-8,16,23H,5-6H2,1-2H3,(H,21,24)(H,22,25). The van der Waals surface area contributed by atoms with Crippen molar-refractivity contribution in [3.63, 3.8) is 0 Å². The van der Waals surface area contributed by atoms with Gasteiger partial charge in [0.2, 0.25) is 0 Å². The van der Waals surface area contributed by atoms with Crippen molar-refractivity contribution >= 4 is 29.1 Å². The SMILES string of the molecule is Cc1cc(C(O)CCNC(=O)C(=O)Nc2cc(Cl)ccc2C#N)c(C)o1. The minimum atomic E-state index is -0.923. The molecular formula is C18H18ClN3O4. The number of rotatable bonds is 5. The van der Waals surface area contributed by atoms with Gasteiger partial charge in [0.05, 0.1) is 17.4 Å². The zero-order valence-electron chi connectivity index (χ0n) is 14.3. The molecule has 1 heterocycles. The van der Waals surface area contributed by atoms with Gasteiger partial charge in [0.25, 0.3) is 0 Å². The largest absolute Gasteiger partial charge is 0.466 e. The quantitative estimate of drug-likeness (QED) is 0.695. The first kappa shape index (κ1) is 19.5. The Kier molecular flexibility index (Phi) is 6.39. The smallest absolute Gasteiger partial charge is 0.313 e. The van der Waals surface area contributed by atoms with Crippen LogP contribution in [0, 0.1) is 25.2 Å². The maximum absolute atomic E-state index is 11.9. The molecule has 2 rings (SSSR count). The van der Waals surface area contributed by atoms with Crippen molar-refractivity contribution in [2.75, 3.05) is 11.9 Å². The summed E-state index contributed by atoms with van der Waals surface area (Å²) in [6.45, 7) is 3.62. The van der Waals surface area contributed by atoms with Crippen LogP contribution in [0.15, 0.2) is 28.7 Å². The average molecular weight is 376 g/mol. The van der Waals surface area contributed by atoms with Crippen LogP contribution in [0.1, 0.15) is 35.2 Å². The number of benzene rings is 1. The molecule has 1 atom stereocenters. The Bertz CT molecular complexity index is 870. The molecule has 0 aliphatic heterocycles. The molecule has 1 aromatic heterocycles. The molecule has 0 aliphatic rings. The van der Waals surface area contributed by atoms with Crippen LogP contribution in [0.5, 0.6) is 0 Å². The molecule has 0 radical (unpaired) electrons. The number of aryl methyl sites for hydroxylation is 2. The van der Waals surface area contributed by atoms with Crippen molar-refractivity contribution in [1.29, 1.82) is 5.26 Å². The second-order valence-electron chi connectivity index (χ2n) is 5.68. The van der Waals surface area contributed by atoms with E-state index in [2.05, 4.69) is 10.6 Å². The van der Waals surface area contributed by atoms with Gasteiger partial charge in [-0.1, -0.05) is 11.6 Å². The maximum atomic E-state index is 11.9. The number of hydrogen-bond acceptors (Lipinski definition) is 5. The van der Waals surface area contributed by atoms with Crippen LogP contribution in [-0.2, 0) is 9.59 Å². The van der Waals surface area contributed by atoms with Crippen LogP contribution >= 0.6 is 11.6 Å². The fourth-order valence-electron chi connectivity index (χ4n) is 2.44. The van der Waals surface area contributed by atoms with Gasteiger partial charge in [0.1, 0.15) is 17.6 Å². The summed E-state index contributed by atoms with van der Waals surface area (Å²) >= 11 is 5.83. The van der Waals surface area contributed by atoms with Crippen LogP contribution in [0.2, 0.25) is 5.02 Å². The molecule has 1 aromatic carbocycles. The Morgan fingerprint density at radius 1 is 1.31 bits per heavy atom. The number of anilines is 1. The zero-order chi connectivity index (χ0) is 19.3. The molecule has 3 N–H and O–H groups in total. The predicted molar refractivity (Wildman–Crippen MR) is 95.6 cm³/mol. The predicted octanol–water partition coefficient (Wildman–Crippen LogP) is 2.60. The van der Waals surface area contributed by atoms with Crippen molar-refractivity contribution in [3.8, 4) is 6.07 Å². The highest BCUT2D eigenvalue weighted by atomic mass is 35.5. The van der Waals surface area contributed by atoms with Gasteiger partial charge in [-0.2, -0.15) is 5.26 Å². The van der Waals surface area contributed by atoms with Gasteiger partial charge in [0, 0.05) is 17.1 Å². The van der Waals surface area contributed by atoms with Gasteiger partial charge in [-0.05, 0) is 44.5 Å². The lowest BCUT2D eigenvalue weighted by molar-refractivity contribution is -0.136. The lowest BCUT2D eigenvalue weighted by Gasteiger charge is -2.11. The normalized spacial score (nSPS) is 11.5. The molecule has 0 spiro atoms.